The van der Waals surface area contributed by atoms with Gasteiger partial charge in [-0.15, -0.1) is 0 Å². The standard InChI is InChI=1S/C8H10F2N2O2/c1-14-5-3-12-6(8(9)10)4(2-11)7(5)13/h3,8H,2,11H2,1H3,(H,12,13). The van der Waals surface area contributed by atoms with Crippen molar-refractivity contribution in [1.29, 1.82) is 0 Å². The number of methoxy groups -OCH3 is 1. The molecular formula is C8H10F2N2O2. The van der Waals surface area contributed by atoms with Crippen molar-refractivity contribution >= 4 is 0 Å². The van der Waals surface area contributed by atoms with E-state index in [1.807, 2.05) is 0 Å². The van der Waals surface area contributed by atoms with E-state index in [-0.39, 0.29) is 17.9 Å². The molecular weight excluding hydrogens is 194 g/mol. The van der Waals surface area contributed by atoms with Crippen molar-refractivity contribution in [3.8, 4) is 5.75 Å². The van der Waals surface area contributed by atoms with Crippen molar-refractivity contribution < 1.29 is 13.5 Å². The highest BCUT2D eigenvalue weighted by Gasteiger charge is 2.17. The van der Waals surface area contributed by atoms with E-state index in [2.05, 4.69) is 9.72 Å². The Labute approximate surface area is 78.7 Å². The third-order valence-corrected chi connectivity index (χ3v) is 1.82. The second kappa shape index (κ2) is 4.19. The quantitative estimate of drug-likeness (QED) is 0.764. The van der Waals surface area contributed by atoms with Crippen molar-refractivity contribution in [3.63, 3.8) is 0 Å². The Balaban J connectivity index is 3.36. The van der Waals surface area contributed by atoms with Crippen LogP contribution in [0.15, 0.2) is 11.0 Å². The van der Waals surface area contributed by atoms with Crippen molar-refractivity contribution in [3.05, 3.63) is 27.7 Å². The van der Waals surface area contributed by atoms with Crippen LogP contribution in [0, 0.1) is 0 Å². The lowest BCUT2D eigenvalue weighted by molar-refractivity contribution is 0.144. The fraction of sp³-hybridized carbons (Fsp3) is 0.375. The summed E-state index contributed by atoms with van der Waals surface area (Å²) < 4.78 is 29.4. The van der Waals surface area contributed by atoms with Crippen LogP contribution >= 0.6 is 0 Å². The zero-order chi connectivity index (χ0) is 10.7. The van der Waals surface area contributed by atoms with Gasteiger partial charge in [0.25, 0.3) is 6.43 Å². The number of aromatic nitrogens is 1. The highest BCUT2D eigenvalue weighted by molar-refractivity contribution is 5.30. The fourth-order valence-electron chi connectivity index (χ4n) is 1.12. The number of pyridine rings is 1. The third-order valence-electron chi connectivity index (χ3n) is 1.82. The maximum Gasteiger partial charge on any atom is 0.278 e. The summed E-state index contributed by atoms with van der Waals surface area (Å²) in [5.74, 6) is -0.0187. The van der Waals surface area contributed by atoms with E-state index >= 15 is 0 Å². The Kier molecular flexibility index (Phi) is 3.19. The lowest BCUT2D eigenvalue weighted by Gasteiger charge is -2.07. The van der Waals surface area contributed by atoms with Gasteiger partial charge in [-0.2, -0.15) is 0 Å². The van der Waals surface area contributed by atoms with Gasteiger partial charge in [-0.1, -0.05) is 0 Å². The number of nitrogens with two attached hydrogens (primary N) is 1. The number of hydrogen-bond donors (Lipinski definition) is 2. The van der Waals surface area contributed by atoms with E-state index in [0.717, 1.165) is 6.20 Å². The summed E-state index contributed by atoms with van der Waals surface area (Å²) in [6.45, 7) is -0.244. The molecule has 4 nitrogen and oxygen atoms in total. The summed E-state index contributed by atoms with van der Waals surface area (Å²) in [5, 5.41) is 0. The van der Waals surface area contributed by atoms with Crippen LogP contribution in [0.5, 0.6) is 5.75 Å². The van der Waals surface area contributed by atoms with E-state index in [9.17, 15) is 13.6 Å². The summed E-state index contributed by atoms with van der Waals surface area (Å²) in [5.41, 5.74) is 4.02. The van der Waals surface area contributed by atoms with Gasteiger partial charge in [-0.05, 0) is 0 Å². The average molecular weight is 204 g/mol. The van der Waals surface area contributed by atoms with Crippen LogP contribution in [-0.2, 0) is 6.54 Å². The molecule has 0 aliphatic heterocycles. The maximum atomic E-state index is 12.4. The number of hydrogen-bond acceptors (Lipinski definition) is 3. The Bertz CT molecular complexity index is 376. The molecule has 0 atom stereocenters. The number of H-pyrrole nitrogens is 1. The summed E-state index contributed by atoms with van der Waals surface area (Å²) in [6.07, 6.45) is -1.64. The van der Waals surface area contributed by atoms with E-state index in [1.165, 1.54) is 7.11 Å². The van der Waals surface area contributed by atoms with Gasteiger partial charge >= 0.3 is 0 Å². The van der Waals surface area contributed by atoms with Crippen molar-refractivity contribution in [2.45, 2.75) is 13.0 Å². The van der Waals surface area contributed by atoms with E-state index in [4.69, 9.17) is 5.73 Å². The number of nitrogens with one attached hydrogen (secondary N) is 1. The number of alkyl halides is 2. The molecule has 0 radical (unpaired) electrons. The summed E-state index contributed by atoms with van der Waals surface area (Å²) in [4.78, 5) is 13.7. The molecule has 78 valence electrons. The minimum Gasteiger partial charge on any atom is -0.491 e. The predicted octanol–water partition coefficient (Wildman–Crippen LogP) is 0.780. The molecule has 6 heteroatoms. The molecule has 3 N–H and O–H groups in total. The lowest BCUT2D eigenvalue weighted by Crippen LogP contribution is -2.19. The molecule has 0 saturated carbocycles. The number of halogens is 2. The second-order valence-electron chi connectivity index (χ2n) is 2.58. The van der Waals surface area contributed by atoms with Gasteiger partial charge in [0.1, 0.15) is 0 Å². The van der Waals surface area contributed by atoms with Crippen LogP contribution in [0.1, 0.15) is 17.7 Å². The fourth-order valence-corrected chi connectivity index (χ4v) is 1.12. The molecule has 0 aliphatic carbocycles. The molecule has 0 aromatic carbocycles. The molecule has 0 bridgehead atoms. The van der Waals surface area contributed by atoms with E-state index < -0.39 is 17.5 Å². The van der Waals surface area contributed by atoms with Gasteiger partial charge < -0.3 is 15.5 Å². The lowest BCUT2D eigenvalue weighted by atomic mass is 10.2. The first-order chi connectivity index (χ1) is 6.61. The van der Waals surface area contributed by atoms with Crippen LogP contribution in [0.2, 0.25) is 0 Å². The van der Waals surface area contributed by atoms with Crippen LogP contribution < -0.4 is 15.9 Å². The zero-order valence-electron chi connectivity index (χ0n) is 7.51. The Hall–Kier alpha value is -1.43. The number of aromatic amines is 1. The minimum atomic E-state index is -2.74. The smallest absolute Gasteiger partial charge is 0.278 e. The topological polar surface area (TPSA) is 68.1 Å². The maximum absolute atomic E-state index is 12.4. The summed E-state index contributed by atoms with van der Waals surface area (Å²) in [7, 11) is 1.28. The highest BCUT2D eigenvalue weighted by Crippen LogP contribution is 2.19. The molecule has 1 aromatic rings. The molecule has 0 unspecified atom stereocenters. The van der Waals surface area contributed by atoms with Crippen molar-refractivity contribution in [2.24, 2.45) is 5.73 Å². The van der Waals surface area contributed by atoms with Gasteiger partial charge in [0, 0.05) is 18.3 Å². The average Bonchev–Trinajstić information content (AvgIpc) is 2.17. The molecule has 0 spiro atoms. The first kappa shape index (κ1) is 10.6. The molecule has 1 aromatic heterocycles. The first-order valence-corrected chi connectivity index (χ1v) is 3.88. The number of ether oxygens (including phenoxy) is 1. The monoisotopic (exact) mass is 204 g/mol. The molecule has 0 amide bonds. The SMILES string of the molecule is COc1c[nH]c(C(F)F)c(CN)c1=O. The first-order valence-electron chi connectivity index (χ1n) is 3.88. The predicted molar refractivity (Wildman–Crippen MR) is 46.5 cm³/mol. The van der Waals surface area contributed by atoms with Gasteiger partial charge in [-0.3, -0.25) is 4.79 Å². The normalized spacial score (nSPS) is 10.6. The van der Waals surface area contributed by atoms with Crippen LogP contribution in [0.3, 0.4) is 0 Å². The summed E-state index contributed by atoms with van der Waals surface area (Å²) >= 11 is 0. The van der Waals surface area contributed by atoms with Crippen LogP contribution in [0.4, 0.5) is 8.78 Å². The van der Waals surface area contributed by atoms with Gasteiger partial charge in [-0.25, -0.2) is 8.78 Å². The molecule has 1 rings (SSSR count). The molecule has 0 saturated heterocycles. The van der Waals surface area contributed by atoms with Gasteiger partial charge in [0.05, 0.1) is 12.8 Å². The Morgan fingerprint density at radius 2 is 2.29 bits per heavy atom. The van der Waals surface area contributed by atoms with E-state index in [0.29, 0.717) is 0 Å². The van der Waals surface area contributed by atoms with Gasteiger partial charge in [0.2, 0.25) is 5.43 Å². The molecule has 0 aliphatic rings. The minimum absolute atomic E-state index is 0.0187. The Morgan fingerprint density at radius 3 is 2.71 bits per heavy atom. The number of rotatable bonds is 3. The summed E-state index contributed by atoms with van der Waals surface area (Å²) in [6, 6.07) is 0. The largest absolute Gasteiger partial charge is 0.491 e. The van der Waals surface area contributed by atoms with Gasteiger partial charge in [0.15, 0.2) is 5.75 Å². The third kappa shape index (κ3) is 1.74. The zero-order valence-corrected chi connectivity index (χ0v) is 7.51. The van der Waals surface area contributed by atoms with E-state index in [1.54, 1.807) is 0 Å². The molecule has 0 fully saturated rings. The molecule has 14 heavy (non-hydrogen) atoms. The van der Waals surface area contributed by atoms with Crippen molar-refractivity contribution in [1.82, 2.24) is 4.98 Å². The van der Waals surface area contributed by atoms with Crippen LogP contribution in [-0.4, -0.2) is 12.1 Å². The molecule has 1 heterocycles. The Morgan fingerprint density at radius 1 is 1.64 bits per heavy atom. The van der Waals surface area contributed by atoms with Crippen molar-refractivity contribution in [2.75, 3.05) is 7.11 Å². The van der Waals surface area contributed by atoms with Crippen LogP contribution in [0.25, 0.3) is 0 Å². The second-order valence-corrected chi connectivity index (χ2v) is 2.58. The highest BCUT2D eigenvalue weighted by atomic mass is 19.3.